The summed E-state index contributed by atoms with van der Waals surface area (Å²) >= 11 is 0. The van der Waals surface area contributed by atoms with Crippen LogP contribution >= 0.6 is 0 Å². The number of aromatic nitrogens is 4. The lowest BCUT2D eigenvalue weighted by Gasteiger charge is -2.04. The van der Waals surface area contributed by atoms with Crippen LogP contribution < -0.4 is 11.5 Å². The molecule has 4 N–H and O–H groups in total. The molecular formula is C12H10N6. The molecule has 0 aliphatic carbocycles. The quantitative estimate of drug-likeness (QED) is 0.661. The van der Waals surface area contributed by atoms with Gasteiger partial charge in [-0.2, -0.15) is 0 Å². The molecule has 0 aliphatic rings. The SMILES string of the molecule is Nc1cnc2c(N)nc(-c3ccccc3)nc2n1. The molecule has 3 rings (SSSR count). The molecule has 0 saturated carbocycles. The monoisotopic (exact) mass is 238 g/mol. The molecule has 88 valence electrons. The lowest BCUT2D eigenvalue weighted by Crippen LogP contribution is -2.02. The molecule has 6 heteroatoms. The zero-order chi connectivity index (χ0) is 12.5. The predicted octanol–water partition coefficient (Wildman–Crippen LogP) is 1.25. The van der Waals surface area contributed by atoms with Gasteiger partial charge < -0.3 is 11.5 Å². The molecule has 0 saturated heterocycles. The number of benzene rings is 1. The lowest BCUT2D eigenvalue weighted by molar-refractivity contribution is 1.16. The van der Waals surface area contributed by atoms with E-state index in [1.54, 1.807) is 0 Å². The van der Waals surface area contributed by atoms with Crippen LogP contribution in [0.4, 0.5) is 11.6 Å². The number of nitrogen functional groups attached to an aromatic ring is 2. The van der Waals surface area contributed by atoms with E-state index in [1.807, 2.05) is 30.3 Å². The Kier molecular flexibility index (Phi) is 2.26. The Morgan fingerprint density at radius 1 is 0.889 bits per heavy atom. The van der Waals surface area contributed by atoms with Crippen LogP contribution in [0.2, 0.25) is 0 Å². The molecule has 0 aliphatic heterocycles. The van der Waals surface area contributed by atoms with E-state index in [9.17, 15) is 0 Å². The largest absolute Gasteiger partial charge is 0.382 e. The molecule has 0 bridgehead atoms. The molecule has 6 nitrogen and oxygen atoms in total. The van der Waals surface area contributed by atoms with Gasteiger partial charge in [0.05, 0.1) is 6.20 Å². The molecular weight excluding hydrogens is 228 g/mol. The average Bonchev–Trinajstić information content (AvgIpc) is 2.39. The van der Waals surface area contributed by atoms with Crippen molar-refractivity contribution in [1.82, 2.24) is 19.9 Å². The van der Waals surface area contributed by atoms with Gasteiger partial charge in [0, 0.05) is 5.56 Å². The van der Waals surface area contributed by atoms with Crippen LogP contribution in [-0.4, -0.2) is 19.9 Å². The third-order valence-electron chi connectivity index (χ3n) is 2.49. The molecule has 2 aromatic heterocycles. The van der Waals surface area contributed by atoms with Crippen molar-refractivity contribution in [2.75, 3.05) is 11.5 Å². The highest BCUT2D eigenvalue weighted by Crippen LogP contribution is 2.20. The number of hydrogen-bond donors (Lipinski definition) is 2. The van der Waals surface area contributed by atoms with Gasteiger partial charge in [0.25, 0.3) is 0 Å². The Hall–Kier alpha value is -2.76. The Bertz CT molecular complexity index is 710. The van der Waals surface area contributed by atoms with Gasteiger partial charge in [-0.05, 0) is 0 Å². The first-order valence-electron chi connectivity index (χ1n) is 5.35. The van der Waals surface area contributed by atoms with Crippen LogP contribution in [0.1, 0.15) is 0 Å². The van der Waals surface area contributed by atoms with E-state index in [0.29, 0.717) is 28.6 Å². The first-order chi connectivity index (χ1) is 8.74. The van der Waals surface area contributed by atoms with Crippen molar-refractivity contribution in [3.8, 4) is 11.4 Å². The number of rotatable bonds is 1. The maximum atomic E-state index is 5.85. The molecule has 0 radical (unpaired) electrons. The van der Waals surface area contributed by atoms with Crippen LogP contribution in [0, 0.1) is 0 Å². The number of anilines is 2. The van der Waals surface area contributed by atoms with Crippen molar-refractivity contribution in [1.29, 1.82) is 0 Å². The summed E-state index contributed by atoms with van der Waals surface area (Å²) in [5.74, 6) is 1.12. The minimum Gasteiger partial charge on any atom is -0.382 e. The maximum absolute atomic E-state index is 5.85. The standard InChI is InChI=1S/C12H10N6/c13-8-6-15-9-10(14)17-11(18-12(9)16-8)7-4-2-1-3-5-7/h1-6H,(H4,13,14,16,17,18). The van der Waals surface area contributed by atoms with Crippen LogP contribution in [0.5, 0.6) is 0 Å². The fourth-order valence-electron chi connectivity index (χ4n) is 1.66. The fourth-order valence-corrected chi connectivity index (χ4v) is 1.66. The second-order valence-electron chi connectivity index (χ2n) is 3.77. The molecule has 18 heavy (non-hydrogen) atoms. The molecule has 1 aromatic carbocycles. The van der Waals surface area contributed by atoms with Gasteiger partial charge in [-0.3, -0.25) is 0 Å². The summed E-state index contributed by atoms with van der Waals surface area (Å²) in [6, 6.07) is 9.54. The van der Waals surface area contributed by atoms with Crippen molar-refractivity contribution in [3.63, 3.8) is 0 Å². The van der Waals surface area contributed by atoms with Crippen molar-refractivity contribution >= 4 is 22.8 Å². The summed E-state index contributed by atoms with van der Waals surface area (Å²) in [5.41, 5.74) is 13.2. The van der Waals surface area contributed by atoms with Crippen molar-refractivity contribution in [2.24, 2.45) is 0 Å². The molecule has 0 amide bonds. The Balaban J connectivity index is 2.27. The van der Waals surface area contributed by atoms with Crippen LogP contribution in [0.25, 0.3) is 22.6 Å². The number of hydrogen-bond acceptors (Lipinski definition) is 6. The predicted molar refractivity (Wildman–Crippen MR) is 69.4 cm³/mol. The van der Waals surface area contributed by atoms with Crippen LogP contribution in [0.3, 0.4) is 0 Å². The van der Waals surface area contributed by atoms with Gasteiger partial charge in [-0.15, -0.1) is 0 Å². The Morgan fingerprint density at radius 3 is 2.44 bits per heavy atom. The molecule has 2 heterocycles. The van der Waals surface area contributed by atoms with E-state index in [4.69, 9.17) is 11.5 Å². The second-order valence-corrected chi connectivity index (χ2v) is 3.77. The van der Waals surface area contributed by atoms with Gasteiger partial charge in [-0.25, -0.2) is 19.9 Å². The molecule has 0 atom stereocenters. The average molecular weight is 238 g/mol. The van der Waals surface area contributed by atoms with Gasteiger partial charge in [0.1, 0.15) is 11.3 Å². The van der Waals surface area contributed by atoms with E-state index in [1.165, 1.54) is 6.20 Å². The minimum atomic E-state index is 0.298. The summed E-state index contributed by atoms with van der Waals surface area (Å²) in [6.45, 7) is 0. The van der Waals surface area contributed by atoms with E-state index in [0.717, 1.165) is 5.56 Å². The normalized spacial score (nSPS) is 10.7. The van der Waals surface area contributed by atoms with E-state index < -0.39 is 0 Å². The Morgan fingerprint density at radius 2 is 1.67 bits per heavy atom. The number of fused-ring (bicyclic) bond motifs is 1. The minimum absolute atomic E-state index is 0.298. The molecule has 0 fully saturated rings. The lowest BCUT2D eigenvalue weighted by atomic mass is 10.2. The maximum Gasteiger partial charge on any atom is 0.186 e. The zero-order valence-corrected chi connectivity index (χ0v) is 9.41. The summed E-state index contributed by atoms with van der Waals surface area (Å²) in [4.78, 5) is 16.7. The molecule has 0 unspecified atom stereocenters. The fraction of sp³-hybridized carbons (Fsp3) is 0. The summed E-state index contributed by atoms with van der Waals surface area (Å²) in [6.07, 6.45) is 1.43. The van der Waals surface area contributed by atoms with Gasteiger partial charge in [0.2, 0.25) is 0 Å². The topological polar surface area (TPSA) is 104 Å². The van der Waals surface area contributed by atoms with Gasteiger partial charge in [-0.1, -0.05) is 30.3 Å². The van der Waals surface area contributed by atoms with Gasteiger partial charge >= 0.3 is 0 Å². The zero-order valence-electron chi connectivity index (χ0n) is 9.41. The first kappa shape index (κ1) is 10.4. The highest BCUT2D eigenvalue weighted by Gasteiger charge is 2.09. The summed E-state index contributed by atoms with van der Waals surface area (Å²) < 4.78 is 0. The van der Waals surface area contributed by atoms with Crippen molar-refractivity contribution in [2.45, 2.75) is 0 Å². The van der Waals surface area contributed by atoms with Gasteiger partial charge in [0.15, 0.2) is 17.3 Å². The molecule has 0 spiro atoms. The van der Waals surface area contributed by atoms with Crippen molar-refractivity contribution in [3.05, 3.63) is 36.5 Å². The third-order valence-corrected chi connectivity index (χ3v) is 2.49. The van der Waals surface area contributed by atoms with Crippen LogP contribution in [0.15, 0.2) is 36.5 Å². The Labute approximate surface area is 103 Å². The highest BCUT2D eigenvalue weighted by atomic mass is 15.0. The van der Waals surface area contributed by atoms with Crippen molar-refractivity contribution < 1.29 is 0 Å². The number of nitrogens with two attached hydrogens (primary N) is 2. The van der Waals surface area contributed by atoms with E-state index in [-0.39, 0.29) is 0 Å². The third kappa shape index (κ3) is 1.69. The summed E-state index contributed by atoms with van der Waals surface area (Å²) in [5, 5.41) is 0. The second kappa shape index (κ2) is 3.92. The first-order valence-corrected chi connectivity index (χ1v) is 5.35. The van der Waals surface area contributed by atoms with E-state index >= 15 is 0 Å². The number of nitrogens with zero attached hydrogens (tertiary/aromatic N) is 4. The van der Waals surface area contributed by atoms with Crippen LogP contribution in [-0.2, 0) is 0 Å². The highest BCUT2D eigenvalue weighted by molar-refractivity contribution is 5.83. The molecule has 3 aromatic rings. The smallest absolute Gasteiger partial charge is 0.186 e. The summed E-state index contributed by atoms with van der Waals surface area (Å²) in [7, 11) is 0. The van der Waals surface area contributed by atoms with E-state index in [2.05, 4.69) is 19.9 Å².